The van der Waals surface area contributed by atoms with Gasteiger partial charge in [-0.25, -0.2) is 9.59 Å². The molecule has 37 heavy (non-hydrogen) atoms. The van der Waals surface area contributed by atoms with Gasteiger partial charge in [-0.1, -0.05) is 24.3 Å². The number of likely N-dealkylation sites (tertiary alicyclic amines) is 1. The van der Waals surface area contributed by atoms with Crippen LogP contribution in [-0.4, -0.2) is 75.5 Å². The van der Waals surface area contributed by atoms with Gasteiger partial charge in [-0.3, -0.25) is 0 Å². The molecule has 1 aliphatic rings. The number of amides is 2. The molecule has 0 spiro atoms. The van der Waals surface area contributed by atoms with Crippen LogP contribution in [0.1, 0.15) is 17.5 Å². The van der Waals surface area contributed by atoms with Crippen LogP contribution in [0.5, 0.6) is 11.5 Å². The van der Waals surface area contributed by atoms with Gasteiger partial charge in [0.1, 0.15) is 24.7 Å². The average molecular weight is 554 g/mol. The van der Waals surface area contributed by atoms with Crippen molar-refractivity contribution in [2.45, 2.75) is 30.9 Å². The molecule has 0 unspecified atom stereocenters. The third-order valence-electron chi connectivity index (χ3n) is 5.79. The third-order valence-corrected chi connectivity index (χ3v) is 7.56. The van der Waals surface area contributed by atoms with Crippen LogP contribution in [0, 0.1) is 0 Å². The predicted molar refractivity (Wildman–Crippen MR) is 139 cm³/mol. The van der Waals surface area contributed by atoms with Crippen LogP contribution in [0.15, 0.2) is 48.5 Å². The molecule has 2 amide bonds. The summed E-state index contributed by atoms with van der Waals surface area (Å²) in [6, 6.07) is 13.4. The van der Waals surface area contributed by atoms with Crippen molar-refractivity contribution in [3.05, 3.63) is 59.7 Å². The molecule has 2 aromatic rings. The Morgan fingerprint density at radius 1 is 0.973 bits per heavy atom. The summed E-state index contributed by atoms with van der Waals surface area (Å²) in [7, 11) is -0.0248. The molecule has 202 valence electrons. The average Bonchev–Trinajstić information content (AvgIpc) is 3.29. The Labute approximate surface area is 222 Å². The van der Waals surface area contributed by atoms with E-state index in [1.807, 2.05) is 0 Å². The number of hydrogen-bond donors (Lipinski definition) is 2. The highest BCUT2D eigenvalue weighted by Crippen LogP contribution is 2.23. The lowest BCUT2D eigenvalue weighted by molar-refractivity contribution is 0.0924. The van der Waals surface area contributed by atoms with E-state index in [1.54, 1.807) is 55.6 Å². The summed E-state index contributed by atoms with van der Waals surface area (Å²) in [5, 5.41) is -0.143. The van der Waals surface area contributed by atoms with Crippen LogP contribution < -0.4 is 14.2 Å². The standard InChI is InChI=1S/C24H31N3O8S2/c1-26(23(28)34-15-17-4-8-20(32-2)9-5-17)37(30,31)25-13-19-12-22(36)14-27(19)24(29)35-16-18-6-10-21(33-3)11-7-18/h4-11,19,22,25,36H,12-16H2,1-3H3/t19-,22-/m0/s1. The maximum absolute atomic E-state index is 12.7. The maximum atomic E-state index is 12.7. The zero-order chi connectivity index (χ0) is 27.0. The molecule has 1 N–H and O–H groups in total. The number of carbonyl (C=O) groups is 2. The summed E-state index contributed by atoms with van der Waals surface area (Å²) >= 11 is 4.45. The first-order valence-electron chi connectivity index (χ1n) is 11.4. The zero-order valence-electron chi connectivity index (χ0n) is 20.8. The highest BCUT2D eigenvalue weighted by atomic mass is 32.2. The van der Waals surface area contributed by atoms with Gasteiger partial charge in [-0.15, -0.1) is 0 Å². The second-order valence-electron chi connectivity index (χ2n) is 8.32. The summed E-state index contributed by atoms with van der Waals surface area (Å²) < 4.78 is 48.9. The van der Waals surface area contributed by atoms with Crippen molar-refractivity contribution in [1.82, 2.24) is 13.9 Å². The highest BCUT2D eigenvalue weighted by Gasteiger charge is 2.36. The summed E-state index contributed by atoms with van der Waals surface area (Å²) in [6.07, 6.45) is -1.17. The van der Waals surface area contributed by atoms with E-state index in [0.717, 1.165) is 12.6 Å². The van der Waals surface area contributed by atoms with Crippen molar-refractivity contribution >= 4 is 35.0 Å². The van der Waals surface area contributed by atoms with Gasteiger partial charge in [-0.2, -0.15) is 30.1 Å². The number of ether oxygens (including phenoxy) is 4. The van der Waals surface area contributed by atoms with E-state index in [1.165, 1.54) is 12.0 Å². The first-order valence-corrected chi connectivity index (χ1v) is 13.4. The molecule has 11 nitrogen and oxygen atoms in total. The molecule has 0 radical (unpaired) electrons. The van der Waals surface area contributed by atoms with E-state index < -0.39 is 28.4 Å². The normalized spacial score (nSPS) is 17.2. The van der Waals surface area contributed by atoms with Crippen LogP contribution in [0.4, 0.5) is 9.59 Å². The third kappa shape index (κ3) is 7.91. The SMILES string of the molecule is COc1ccc(COC(=O)N2C[C@@H](S)C[C@H]2CNS(=O)(=O)N(C)C(=O)OCc2ccc(OC)cc2)cc1. The summed E-state index contributed by atoms with van der Waals surface area (Å²) in [6.45, 7) is 0.127. The Balaban J connectivity index is 1.51. The fourth-order valence-corrected chi connectivity index (χ4v) is 4.88. The summed E-state index contributed by atoms with van der Waals surface area (Å²) in [5.41, 5.74) is 1.45. The molecule has 0 saturated carbocycles. The largest absolute Gasteiger partial charge is 0.497 e. The zero-order valence-corrected chi connectivity index (χ0v) is 22.5. The number of rotatable bonds is 10. The number of carbonyl (C=O) groups excluding carboxylic acids is 2. The lowest BCUT2D eigenvalue weighted by Crippen LogP contribution is -2.48. The van der Waals surface area contributed by atoms with Crippen molar-refractivity contribution in [1.29, 1.82) is 0 Å². The monoisotopic (exact) mass is 553 g/mol. The van der Waals surface area contributed by atoms with E-state index in [-0.39, 0.29) is 25.0 Å². The molecule has 0 bridgehead atoms. The van der Waals surface area contributed by atoms with Gasteiger partial charge in [0.25, 0.3) is 0 Å². The quantitative estimate of drug-likeness (QED) is 0.431. The van der Waals surface area contributed by atoms with E-state index in [0.29, 0.717) is 34.3 Å². The van der Waals surface area contributed by atoms with Crippen LogP contribution >= 0.6 is 12.6 Å². The summed E-state index contributed by atoms with van der Waals surface area (Å²) in [5.74, 6) is 1.34. The number of thiol groups is 1. The lowest BCUT2D eigenvalue weighted by Gasteiger charge is -2.25. The predicted octanol–water partition coefficient (Wildman–Crippen LogP) is 2.82. The van der Waals surface area contributed by atoms with Crippen molar-refractivity contribution in [2.24, 2.45) is 0 Å². The van der Waals surface area contributed by atoms with E-state index in [9.17, 15) is 18.0 Å². The first kappa shape index (κ1) is 28.4. The van der Waals surface area contributed by atoms with Gasteiger partial charge in [0.15, 0.2) is 0 Å². The molecular formula is C24H31N3O8S2. The second kappa shape index (κ2) is 12.9. The van der Waals surface area contributed by atoms with Crippen molar-refractivity contribution < 1.29 is 37.0 Å². The van der Waals surface area contributed by atoms with Crippen molar-refractivity contribution in [2.75, 3.05) is 34.4 Å². The summed E-state index contributed by atoms with van der Waals surface area (Å²) in [4.78, 5) is 26.5. The van der Waals surface area contributed by atoms with E-state index in [2.05, 4.69) is 17.4 Å². The first-order chi connectivity index (χ1) is 17.6. The van der Waals surface area contributed by atoms with E-state index in [4.69, 9.17) is 18.9 Å². The van der Waals surface area contributed by atoms with Crippen LogP contribution in [0.25, 0.3) is 0 Å². The molecular weight excluding hydrogens is 522 g/mol. The minimum absolute atomic E-state index is 0.0534. The number of nitrogens with zero attached hydrogens (tertiary/aromatic N) is 2. The molecule has 3 rings (SSSR count). The maximum Gasteiger partial charge on any atom is 0.424 e. The highest BCUT2D eigenvalue weighted by molar-refractivity contribution is 7.87. The van der Waals surface area contributed by atoms with Crippen LogP contribution in [0.2, 0.25) is 0 Å². The van der Waals surface area contributed by atoms with Crippen molar-refractivity contribution in [3.63, 3.8) is 0 Å². The van der Waals surface area contributed by atoms with Gasteiger partial charge in [0.05, 0.1) is 14.2 Å². The van der Waals surface area contributed by atoms with Gasteiger partial charge >= 0.3 is 22.4 Å². The van der Waals surface area contributed by atoms with Gasteiger partial charge in [0, 0.05) is 31.4 Å². The van der Waals surface area contributed by atoms with Crippen molar-refractivity contribution in [3.8, 4) is 11.5 Å². The second-order valence-corrected chi connectivity index (χ2v) is 10.8. The fraction of sp³-hybridized carbons (Fsp3) is 0.417. The Morgan fingerprint density at radius 3 is 2.00 bits per heavy atom. The Bertz CT molecular complexity index is 1160. The number of methoxy groups -OCH3 is 2. The number of benzene rings is 2. The Morgan fingerprint density at radius 2 is 1.49 bits per heavy atom. The minimum atomic E-state index is -4.22. The Kier molecular flexibility index (Phi) is 9.89. The molecule has 1 aliphatic heterocycles. The molecule has 0 aromatic heterocycles. The fourth-order valence-electron chi connectivity index (χ4n) is 3.61. The molecule has 1 fully saturated rings. The number of hydrogen-bond acceptors (Lipinski definition) is 9. The van der Waals surface area contributed by atoms with Crippen LogP contribution in [-0.2, 0) is 32.9 Å². The topological polar surface area (TPSA) is 124 Å². The molecule has 1 saturated heterocycles. The van der Waals surface area contributed by atoms with Gasteiger partial charge < -0.3 is 23.8 Å². The molecule has 2 atom stereocenters. The molecule has 13 heteroatoms. The minimum Gasteiger partial charge on any atom is -0.497 e. The molecule has 0 aliphatic carbocycles. The van der Waals surface area contributed by atoms with Crippen LogP contribution in [0.3, 0.4) is 0 Å². The van der Waals surface area contributed by atoms with Gasteiger partial charge in [0.2, 0.25) is 0 Å². The smallest absolute Gasteiger partial charge is 0.424 e. The number of nitrogens with one attached hydrogen (secondary N) is 1. The van der Waals surface area contributed by atoms with Gasteiger partial charge in [-0.05, 0) is 41.8 Å². The Hall–Kier alpha value is -3.16. The molecule has 2 aromatic carbocycles. The lowest BCUT2D eigenvalue weighted by atomic mass is 10.2. The van der Waals surface area contributed by atoms with E-state index >= 15 is 0 Å². The molecule has 1 heterocycles.